The number of amides is 1. The summed E-state index contributed by atoms with van der Waals surface area (Å²) in [6.45, 7) is 0.904. The molecule has 2 aliphatic rings. The highest BCUT2D eigenvalue weighted by Gasteiger charge is 2.38. The van der Waals surface area contributed by atoms with E-state index in [1.54, 1.807) is 0 Å². The molecular weight excluding hydrogens is 258 g/mol. The first-order valence-electron chi connectivity index (χ1n) is 7.78. The van der Waals surface area contributed by atoms with Gasteiger partial charge < -0.3 is 4.90 Å². The highest BCUT2D eigenvalue weighted by molar-refractivity contribution is 5.85. The van der Waals surface area contributed by atoms with Gasteiger partial charge in [0.05, 0.1) is 12.0 Å². The van der Waals surface area contributed by atoms with Crippen molar-refractivity contribution >= 4 is 5.91 Å². The molecule has 2 nitrogen and oxygen atoms in total. The molecule has 2 aromatic rings. The number of rotatable bonds is 1. The smallest absolute Gasteiger partial charge is 0.230 e. The van der Waals surface area contributed by atoms with Gasteiger partial charge in [-0.3, -0.25) is 4.79 Å². The zero-order chi connectivity index (χ0) is 14.2. The summed E-state index contributed by atoms with van der Waals surface area (Å²) in [5.74, 6) is 0.273. The van der Waals surface area contributed by atoms with Crippen LogP contribution in [0.5, 0.6) is 0 Å². The molecule has 1 fully saturated rings. The van der Waals surface area contributed by atoms with Gasteiger partial charge in [-0.1, -0.05) is 54.6 Å². The molecule has 0 spiro atoms. The van der Waals surface area contributed by atoms with Crippen molar-refractivity contribution in [1.82, 2.24) is 4.90 Å². The maximum Gasteiger partial charge on any atom is 0.230 e. The van der Waals surface area contributed by atoms with Gasteiger partial charge in [0.1, 0.15) is 0 Å². The summed E-state index contributed by atoms with van der Waals surface area (Å²) >= 11 is 0. The Morgan fingerprint density at radius 2 is 1.71 bits per heavy atom. The molecule has 0 aromatic heterocycles. The highest BCUT2D eigenvalue weighted by Crippen LogP contribution is 2.40. The van der Waals surface area contributed by atoms with Gasteiger partial charge in [0, 0.05) is 6.54 Å². The van der Waals surface area contributed by atoms with Crippen LogP contribution in [-0.4, -0.2) is 17.4 Å². The van der Waals surface area contributed by atoms with Crippen molar-refractivity contribution in [1.29, 1.82) is 0 Å². The van der Waals surface area contributed by atoms with E-state index in [1.807, 2.05) is 18.2 Å². The number of hydrogen-bond acceptors (Lipinski definition) is 1. The molecule has 21 heavy (non-hydrogen) atoms. The van der Waals surface area contributed by atoms with E-state index >= 15 is 0 Å². The maximum atomic E-state index is 13.0. The largest absolute Gasteiger partial charge is 0.335 e. The lowest BCUT2D eigenvalue weighted by molar-refractivity contribution is -0.133. The van der Waals surface area contributed by atoms with Gasteiger partial charge in [0.15, 0.2) is 0 Å². The second-order valence-electron chi connectivity index (χ2n) is 6.06. The number of carbonyl (C=O) groups excluding carboxylic acids is 1. The average Bonchev–Trinajstić information content (AvgIpc) is 2.98. The van der Waals surface area contributed by atoms with Gasteiger partial charge in [0.25, 0.3) is 0 Å². The predicted molar refractivity (Wildman–Crippen MR) is 83.0 cm³/mol. The Morgan fingerprint density at radius 1 is 0.952 bits per heavy atom. The quantitative estimate of drug-likeness (QED) is 0.778. The molecule has 4 rings (SSSR count). The fraction of sp³-hybridized carbons (Fsp3) is 0.316. The number of nitrogens with zero attached hydrogens (tertiary/aromatic N) is 1. The number of fused-ring (bicyclic) bond motifs is 3. The van der Waals surface area contributed by atoms with Crippen LogP contribution in [0.1, 0.15) is 41.5 Å². The van der Waals surface area contributed by atoms with Crippen LogP contribution in [0.25, 0.3) is 0 Å². The molecule has 106 valence electrons. The van der Waals surface area contributed by atoms with Gasteiger partial charge in [-0.05, 0) is 36.0 Å². The minimum Gasteiger partial charge on any atom is -0.335 e. The summed E-state index contributed by atoms with van der Waals surface area (Å²) in [6.07, 6.45) is 3.04. The Balaban J connectivity index is 1.82. The van der Waals surface area contributed by atoms with Crippen molar-refractivity contribution in [3.63, 3.8) is 0 Å². The van der Waals surface area contributed by atoms with Crippen molar-refractivity contribution in [2.75, 3.05) is 6.54 Å². The van der Waals surface area contributed by atoms with Gasteiger partial charge in [-0.2, -0.15) is 0 Å². The van der Waals surface area contributed by atoms with Gasteiger partial charge >= 0.3 is 0 Å². The SMILES string of the molecule is O=C1[C@H](c2ccccc2)Cc2ccccc2[C@@H]2CCCN12. The topological polar surface area (TPSA) is 20.3 Å². The predicted octanol–water partition coefficient (Wildman–Crippen LogP) is 3.69. The third-order valence-electron chi connectivity index (χ3n) is 4.87. The molecule has 0 bridgehead atoms. The van der Waals surface area contributed by atoms with Crippen LogP contribution in [0.15, 0.2) is 54.6 Å². The molecule has 2 heterocycles. The minimum absolute atomic E-state index is 0.0320. The summed E-state index contributed by atoms with van der Waals surface area (Å²) in [7, 11) is 0. The Hall–Kier alpha value is -2.09. The summed E-state index contributed by atoms with van der Waals surface area (Å²) in [5, 5.41) is 0. The molecule has 1 amide bonds. The van der Waals surface area contributed by atoms with Crippen LogP contribution in [0.2, 0.25) is 0 Å². The lowest BCUT2D eigenvalue weighted by Gasteiger charge is -2.25. The van der Waals surface area contributed by atoms with E-state index in [0.717, 1.165) is 31.4 Å². The summed E-state index contributed by atoms with van der Waals surface area (Å²) < 4.78 is 0. The molecule has 0 unspecified atom stereocenters. The van der Waals surface area contributed by atoms with Gasteiger partial charge in [-0.15, -0.1) is 0 Å². The maximum absolute atomic E-state index is 13.0. The highest BCUT2D eigenvalue weighted by atomic mass is 16.2. The molecule has 2 heteroatoms. The van der Waals surface area contributed by atoms with E-state index in [2.05, 4.69) is 41.3 Å². The number of benzene rings is 2. The summed E-state index contributed by atoms with van der Waals surface area (Å²) in [6, 6.07) is 19.1. The molecule has 0 N–H and O–H groups in total. The van der Waals surface area contributed by atoms with Crippen molar-refractivity contribution in [2.24, 2.45) is 0 Å². The van der Waals surface area contributed by atoms with Gasteiger partial charge in [-0.25, -0.2) is 0 Å². The molecule has 0 aliphatic carbocycles. The molecule has 0 radical (unpaired) electrons. The third-order valence-corrected chi connectivity index (χ3v) is 4.87. The van der Waals surface area contributed by atoms with Crippen molar-refractivity contribution in [3.05, 3.63) is 71.3 Å². The van der Waals surface area contributed by atoms with E-state index in [4.69, 9.17) is 0 Å². The second-order valence-corrected chi connectivity index (χ2v) is 6.06. The Kier molecular flexibility index (Phi) is 3.03. The minimum atomic E-state index is -0.0320. The fourth-order valence-corrected chi connectivity index (χ4v) is 3.85. The zero-order valence-corrected chi connectivity index (χ0v) is 12.0. The molecule has 0 saturated carbocycles. The van der Waals surface area contributed by atoms with E-state index in [1.165, 1.54) is 11.1 Å². The molecule has 2 atom stereocenters. The van der Waals surface area contributed by atoms with Crippen molar-refractivity contribution in [3.8, 4) is 0 Å². The fourth-order valence-electron chi connectivity index (χ4n) is 3.85. The summed E-state index contributed by atoms with van der Waals surface area (Å²) in [4.78, 5) is 15.1. The Labute approximate surface area is 125 Å². The van der Waals surface area contributed by atoms with Crippen LogP contribution in [0.4, 0.5) is 0 Å². The third kappa shape index (κ3) is 2.06. The van der Waals surface area contributed by atoms with Crippen LogP contribution in [0, 0.1) is 0 Å². The monoisotopic (exact) mass is 277 g/mol. The van der Waals surface area contributed by atoms with E-state index in [9.17, 15) is 4.79 Å². The van der Waals surface area contributed by atoms with E-state index in [0.29, 0.717) is 11.9 Å². The van der Waals surface area contributed by atoms with Gasteiger partial charge in [0.2, 0.25) is 5.91 Å². The van der Waals surface area contributed by atoms with Crippen molar-refractivity contribution in [2.45, 2.75) is 31.2 Å². The first-order valence-corrected chi connectivity index (χ1v) is 7.78. The second kappa shape index (κ2) is 5.03. The molecule has 2 aromatic carbocycles. The lowest BCUT2D eigenvalue weighted by atomic mass is 9.89. The summed E-state index contributed by atoms with van der Waals surface area (Å²) in [5.41, 5.74) is 3.85. The molecule has 1 saturated heterocycles. The normalized spacial score (nSPS) is 24.4. The number of hydrogen-bond donors (Lipinski definition) is 0. The molecular formula is C19H19NO. The first-order chi connectivity index (χ1) is 10.3. The van der Waals surface area contributed by atoms with Crippen LogP contribution < -0.4 is 0 Å². The van der Waals surface area contributed by atoms with Crippen LogP contribution in [-0.2, 0) is 11.2 Å². The van der Waals surface area contributed by atoms with Crippen LogP contribution in [0.3, 0.4) is 0 Å². The van der Waals surface area contributed by atoms with E-state index < -0.39 is 0 Å². The van der Waals surface area contributed by atoms with Crippen LogP contribution >= 0.6 is 0 Å². The first kappa shape index (κ1) is 12.6. The van der Waals surface area contributed by atoms with Crippen molar-refractivity contribution < 1.29 is 4.79 Å². The lowest BCUT2D eigenvalue weighted by Crippen LogP contribution is -2.33. The zero-order valence-electron chi connectivity index (χ0n) is 12.0. The number of carbonyl (C=O) groups is 1. The van der Waals surface area contributed by atoms with E-state index in [-0.39, 0.29) is 5.92 Å². The Morgan fingerprint density at radius 3 is 2.57 bits per heavy atom. The molecule has 2 aliphatic heterocycles. The average molecular weight is 277 g/mol. The standard InChI is InChI=1S/C19H19NO/c21-19-17(14-7-2-1-3-8-14)13-15-9-4-5-10-16(15)18-11-6-12-20(18)19/h1-5,7-10,17-18H,6,11-13H2/t17-,18-/m0/s1. The Bertz CT molecular complexity index is 664.